The minimum atomic E-state index is -0.495. The average molecular weight is 283 g/mol. The maximum atomic E-state index is 13.7. The molecule has 106 valence electrons. The molecule has 2 aromatic rings. The number of nitrogens with zero attached hydrogens (tertiary/aromatic N) is 1. The molecule has 0 aliphatic carbocycles. The van der Waals surface area contributed by atoms with Gasteiger partial charge in [-0.05, 0) is 47.5 Å². The van der Waals surface area contributed by atoms with E-state index in [1.54, 1.807) is 31.4 Å². The van der Waals surface area contributed by atoms with Crippen LogP contribution in [0, 0.1) is 17.1 Å². The Bertz CT molecular complexity index is 700. The fourth-order valence-corrected chi connectivity index (χ4v) is 1.88. The molecule has 0 aromatic heterocycles. The lowest BCUT2D eigenvalue weighted by Gasteiger charge is -2.05. The minimum absolute atomic E-state index is 0.153. The normalized spacial score (nSPS) is 10.9. The average Bonchev–Trinajstić information content (AvgIpc) is 2.53. The predicted octanol–water partition coefficient (Wildman–Crippen LogP) is 3.91. The van der Waals surface area contributed by atoms with E-state index in [1.807, 2.05) is 12.1 Å². The molecule has 0 fully saturated rings. The van der Waals surface area contributed by atoms with Crippen LogP contribution in [0.1, 0.15) is 11.1 Å². The van der Waals surface area contributed by atoms with Gasteiger partial charge in [0.05, 0.1) is 25.9 Å². The maximum absolute atomic E-state index is 13.7. The standard InChI is InChI=1S/C17H14FNO2/c1-20-15-6-3-12(4-7-15)9-14(11-19)13-5-8-17(21-2)16(18)10-13/h3-10H,1-2H3. The van der Waals surface area contributed by atoms with Crippen LogP contribution in [0.5, 0.6) is 11.5 Å². The third-order valence-electron chi connectivity index (χ3n) is 3.01. The predicted molar refractivity (Wildman–Crippen MR) is 79.4 cm³/mol. The fraction of sp³-hybridized carbons (Fsp3) is 0.118. The first-order chi connectivity index (χ1) is 10.2. The molecule has 0 N–H and O–H groups in total. The number of hydrogen-bond acceptors (Lipinski definition) is 3. The van der Waals surface area contributed by atoms with E-state index in [0.29, 0.717) is 11.1 Å². The van der Waals surface area contributed by atoms with Gasteiger partial charge in [0.25, 0.3) is 0 Å². The van der Waals surface area contributed by atoms with E-state index >= 15 is 0 Å². The zero-order chi connectivity index (χ0) is 15.2. The van der Waals surface area contributed by atoms with Crippen molar-refractivity contribution in [2.75, 3.05) is 14.2 Å². The highest BCUT2D eigenvalue weighted by Crippen LogP contribution is 2.24. The summed E-state index contributed by atoms with van der Waals surface area (Å²) < 4.78 is 23.6. The first kappa shape index (κ1) is 14.6. The van der Waals surface area contributed by atoms with E-state index in [-0.39, 0.29) is 5.75 Å². The van der Waals surface area contributed by atoms with Gasteiger partial charge in [-0.2, -0.15) is 5.26 Å². The van der Waals surface area contributed by atoms with Crippen molar-refractivity contribution in [2.24, 2.45) is 0 Å². The monoisotopic (exact) mass is 283 g/mol. The molecular formula is C17H14FNO2. The molecule has 0 aliphatic heterocycles. The SMILES string of the molecule is COc1ccc(C=C(C#N)c2ccc(OC)c(F)c2)cc1. The molecule has 0 heterocycles. The van der Waals surface area contributed by atoms with Crippen molar-refractivity contribution in [3.63, 3.8) is 0 Å². The smallest absolute Gasteiger partial charge is 0.165 e. The van der Waals surface area contributed by atoms with Gasteiger partial charge in [-0.15, -0.1) is 0 Å². The summed E-state index contributed by atoms with van der Waals surface area (Å²) in [5.41, 5.74) is 1.72. The third-order valence-corrected chi connectivity index (χ3v) is 3.01. The quantitative estimate of drug-likeness (QED) is 0.631. The number of rotatable bonds is 4. The van der Waals surface area contributed by atoms with Crippen molar-refractivity contribution in [2.45, 2.75) is 0 Å². The molecule has 0 amide bonds. The summed E-state index contributed by atoms with van der Waals surface area (Å²) in [7, 11) is 2.99. The van der Waals surface area contributed by atoms with Crippen molar-refractivity contribution in [3.05, 3.63) is 59.4 Å². The van der Waals surface area contributed by atoms with Crippen LogP contribution in [0.2, 0.25) is 0 Å². The van der Waals surface area contributed by atoms with E-state index in [9.17, 15) is 9.65 Å². The van der Waals surface area contributed by atoms with Gasteiger partial charge in [0, 0.05) is 0 Å². The largest absolute Gasteiger partial charge is 0.497 e. The van der Waals surface area contributed by atoms with E-state index in [4.69, 9.17) is 9.47 Å². The molecule has 2 rings (SSSR count). The van der Waals surface area contributed by atoms with Crippen LogP contribution in [0.15, 0.2) is 42.5 Å². The number of halogens is 1. The number of methoxy groups -OCH3 is 2. The molecule has 0 aliphatic rings. The fourth-order valence-electron chi connectivity index (χ4n) is 1.88. The van der Waals surface area contributed by atoms with Gasteiger partial charge in [0.1, 0.15) is 5.75 Å². The first-order valence-corrected chi connectivity index (χ1v) is 6.27. The molecule has 0 saturated heterocycles. The van der Waals surface area contributed by atoms with Gasteiger partial charge < -0.3 is 9.47 Å². The minimum Gasteiger partial charge on any atom is -0.497 e. The van der Waals surface area contributed by atoms with E-state index in [0.717, 1.165) is 11.3 Å². The Morgan fingerprint density at radius 3 is 2.33 bits per heavy atom. The molecule has 3 nitrogen and oxygen atoms in total. The van der Waals surface area contributed by atoms with Gasteiger partial charge >= 0.3 is 0 Å². The Kier molecular flexibility index (Phi) is 4.57. The topological polar surface area (TPSA) is 42.2 Å². The Morgan fingerprint density at radius 1 is 1.10 bits per heavy atom. The summed E-state index contributed by atoms with van der Waals surface area (Å²) in [5, 5.41) is 9.26. The Balaban J connectivity index is 2.36. The second-order valence-electron chi connectivity index (χ2n) is 4.29. The van der Waals surface area contributed by atoms with Crippen LogP contribution in [-0.2, 0) is 0 Å². The Morgan fingerprint density at radius 2 is 1.81 bits per heavy atom. The summed E-state index contributed by atoms with van der Waals surface area (Å²) in [5.74, 6) is 0.396. The highest BCUT2D eigenvalue weighted by Gasteiger charge is 2.07. The van der Waals surface area contributed by atoms with Crippen LogP contribution >= 0.6 is 0 Å². The van der Waals surface area contributed by atoms with Gasteiger partial charge in [-0.3, -0.25) is 0 Å². The molecule has 0 bridgehead atoms. The second kappa shape index (κ2) is 6.58. The molecule has 0 atom stereocenters. The zero-order valence-corrected chi connectivity index (χ0v) is 11.8. The lowest BCUT2D eigenvalue weighted by molar-refractivity contribution is 0.386. The van der Waals surface area contributed by atoms with Crippen LogP contribution in [0.3, 0.4) is 0 Å². The van der Waals surface area contributed by atoms with Crippen LogP contribution in [-0.4, -0.2) is 14.2 Å². The molecular weight excluding hydrogens is 269 g/mol. The van der Waals surface area contributed by atoms with Crippen LogP contribution < -0.4 is 9.47 Å². The van der Waals surface area contributed by atoms with Crippen molar-refractivity contribution in [1.29, 1.82) is 5.26 Å². The molecule has 4 heteroatoms. The highest BCUT2D eigenvalue weighted by atomic mass is 19.1. The van der Waals surface area contributed by atoms with Crippen molar-refractivity contribution in [1.82, 2.24) is 0 Å². The summed E-state index contributed by atoms with van der Waals surface area (Å²) >= 11 is 0. The molecule has 0 spiro atoms. The van der Waals surface area contributed by atoms with Gasteiger partial charge in [-0.25, -0.2) is 4.39 Å². The zero-order valence-electron chi connectivity index (χ0n) is 11.8. The summed E-state index contributed by atoms with van der Waals surface area (Å²) in [6, 6.07) is 13.8. The van der Waals surface area contributed by atoms with E-state index in [1.165, 1.54) is 19.2 Å². The number of allylic oxidation sites excluding steroid dienone is 1. The third kappa shape index (κ3) is 3.40. The number of nitriles is 1. The number of hydrogen-bond donors (Lipinski definition) is 0. The summed E-state index contributed by atoms with van der Waals surface area (Å²) in [6.07, 6.45) is 1.70. The Hall–Kier alpha value is -2.80. The lowest BCUT2D eigenvalue weighted by atomic mass is 10.0. The lowest BCUT2D eigenvalue weighted by Crippen LogP contribution is -1.90. The summed E-state index contributed by atoms with van der Waals surface area (Å²) in [4.78, 5) is 0. The highest BCUT2D eigenvalue weighted by molar-refractivity contribution is 5.89. The number of benzene rings is 2. The Labute approximate surface area is 122 Å². The van der Waals surface area contributed by atoms with Crippen molar-refractivity contribution < 1.29 is 13.9 Å². The molecule has 0 saturated carbocycles. The maximum Gasteiger partial charge on any atom is 0.165 e. The van der Waals surface area contributed by atoms with E-state index in [2.05, 4.69) is 6.07 Å². The molecule has 0 radical (unpaired) electrons. The molecule has 0 unspecified atom stereocenters. The second-order valence-corrected chi connectivity index (χ2v) is 4.29. The first-order valence-electron chi connectivity index (χ1n) is 6.27. The van der Waals surface area contributed by atoms with Crippen molar-refractivity contribution in [3.8, 4) is 17.6 Å². The molecule has 2 aromatic carbocycles. The van der Waals surface area contributed by atoms with E-state index < -0.39 is 5.82 Å². The van der Waals surface area contributed by atoms with Crippen molar-refractivity contribution >= 4 is 11.6 Å². The van der Waals surface area contributed by atoms with Gasteiger partial charge in [0.15, 0.2) is 11.6 Å². The summed E-state index contributed by atoms with van der Waals surface area (Å²) in [6.45, 7) is 0. The van der Waals surface area contributed by atoms with Crippen LogP contribution in [0.4, 0.5) is 4.39 Å². The van der Waals surface area contributed by atoms with Gasteiger partial charge in [-0.1, -0.05) is 12.1 Å². The van der Waals surface area contributed by atoms with Gasteiger partial charge in [0.2, 0.25) is 0 Å². The molecule has 21 heavy (non-hydrogen) atoms. The van der Waals surface area contributed by atoms with Crippen LogP contribution in [0.25, 0.3) is 11.6 Å². The number of ether oxygens (including phenoxy) is 2.